The van der Waals surface area contributed by atoms with Crippen molar-refractivity contribution in [2.24, 2.45) is 23.1 Å². The molecular weight excluding hydrogens is 857 g/mol. The van der Waals surface area contributed by atoms with Crippen molar-refractivity contribution in [1.82, 2.24) is 57.4 Å². The molecule has 0 unspecified atom stereocenters. The molecular formula is C38H66N16O11. The largest absolute Gasteiger partial charge is 0.480 e. The Morgan fingerprint density at radius 2 is 1.40 bits per heavy atom. The predicted molar refractivity (Wildman–Crippen MR) is 232 cm³/mol. The maximum atomic E-state index is 13.9. The number of aliphatic hydroxyl groups excluding tert-OH is 2. The van der Waals surface area contributed by atoms with Crippen molar-refractivity contribution in [3.63, 3.8) is 0 Å². The van der Waals surface area contributed by atoms with E-state index in [0.29, 0.717) is 12.1 Å². The van der Waals surface area contributed by atoms with E-state index >= 15 is 0 Å². The second-order valence-corrected chi connectivity index (χ2v) is 15.9. The number of hydrogen-bond acceptors (Lipinski definition) is 14. The third kappa shape index (κ3) is 19.4. The number of carboxylic acid groups (broad SMARTS) is 1. The Balaban J connectivity index is 2.20. The van der Waals surface area contributed by atoms with Crippen molar-refractivity contribution in [3.05, 3.63) is 18.2 Å². The molecule has 8 atom stereocenters. The summed E-state index contributed by atoms with van der Waals surface area (Å²) in [6, 6.07) is -9.23. The molecule has 1 saturated heterocycles. The minimum Gasteiger partial charge on any atom is -0.480 e. The third-order valence-electron chi connectivity index (χ3n) is 10.1. The van der Waals surface area contributed by atoms with Crippen molar-refractivity contribution in [1.29, 1.82) is 10.8 Å². The van der Waals surface area contributed by atoms with E-state index in [1.54, 1.807) is 13.8 Å². The van der Waals surface area contributed by atoms with Gasteiger partial charge in [0.25, 0.3) is 0 Å². The van der Waals surface area contributed by atoms with E-state index in [1.807, 2.05) is 0 Å². The van der Waals surface area contributed by atoms with Crippen LogP contribution in [0.5, 0.6) is 0 Å². The highest BCUT2D eigenvalue weighted by molar-refractivity contribution is 5.97. The van der Waals surface area contributed by atoms with Gasteiger partial charge in [-0.05, 0) is 57.8 Å². The lowest BCUT2D eigenvalue weighted by atomic mass is 10.0. The average Bonchev–Trinajstić information content (AvgIpc) is 3.95. The highest BCUT2D eigenvalue weighted by atomic mass is 16.4. The fraction of sp³-hybridized carbons (Fsp3) is 0.658. The van der Waals surface area contributed by atoms with Gasteiger partial charge in [0, 0.05) is 32.3 Å². The maximum absolute atomic E-state index is 13.9. The molecule has 1 aliphatic heterocycles. The van der Waals surface area contributed by atoms with Crippen LogP contribution in [0.25, 0.3) is 0 Å². The van der Waals surface area contributed by atoms with E-state index < -0.39 is 109 Å². The van der Waals surface area contributed by atoms with E-state index in [4.69, 9.17) is 28.0 Å². The molecule has 7 amide bonds. The number of carbonyl (C=O) groups is 8. The summed E-state index contributed by atoms with van der Waals surface area (Å²) in [7, 11) is 0. The first-order valence-electron chi connectivity index (χ1n) is 21.1. The number of aromatic nitrogens is 2. The van der Waals surface area contributed by atoms with Gasteiger partial charge in [0.1, 0.15) is 42.3 Å². The van der Waals surface area contributed by atoms with Gasteiger partial charge in [0.2, 0.25) is 41.4 Å². The van der Waals surface area contributed by atoms with Gasteiger partial charge >= 0.3 is 5.97 Å². The lowest BCUT2D eigenvalue weighted by Crippen LogP contribution is -2.60. The van der Waals surface area contributed by atoms with Crippen molar-refractivity contribution in [2.45, 2.75) is 121 Å². The number of imidazole rings is 1. The second kappa shape index (κ2) is 27.5. The summed E-state index contributed by atoms with van der Waals surface area (Å²) >= 11 is 0. The minimum atomic E-state index is -1.49. The molecule has 20 N–H and O–H groups in total. The summed E-state index contributed by atoms with van der Waals surface area (Å²) in [5.41, 5.74) is 16.7. The molecule has 1 aliphatic rings. The molecule has 1 aromatic rings. The Morgan fingerprint density at radius 1 is 0.815 bits per heavy atom. The van der Waals surface area contributed by atoms with Crippen LogP contribution in [0.1, 0.15) is 71.4 Å². The van der Waals surface area contributed by atoms with Gasteiger partial charge in [-0.1, -0.05) is 13.8 Å². The number of carboxylic acids is 1. The van der Waals surface area contributed by atoms with E-state index in [9.17, 15) is 53.7 Å². The number of nitrogens with zero attached hydrogens (tertiary/aromatic N) is 2. The quantitative estimate of drug-likeness (QED) is 0.0211. The van der Waals surface area contributed by atoms with E-state index in [0.717, 1.165) is 4.90 Å². The summed E-state index contributed by atoms with van der Waals surface area (Å²) < 4.78 is 0. The number of hydrogen-bond donors (Lipinski definition) is 17. The van der Waals surface area contributed by atoms with Gasteiger partial charge in [-0.25, -0.2) is 9.78 Å². The highest BCUT2D eigenvalue weighted by Crippen LogP contribution is 2.19. The first kappa shape index (κ1) is 54.5. The van der Waals surface area contributed by atoms with Gasteiger partial charge in [0.15, 0.2) is 11.9 Å². The number of aliphatic hydroxyl groups is 2. The summed E-state index contributed by atoms with van der Waals surface area (Å²) in [4.78, 5) is 114. The van der Waals surface area contributed by atoms with Gasteiger partial charge in [0.05, 0.1) is 31.3 Å². The van der Waals surface area contributed by atoms with E-state index in [1.165, 1.54) is 19.4 Å². The maximum Gasteiger partial charge on any atom is 0.326 e. The summed E-state index contributed by atoms with van der Waals surface area (Å²) in [6.45, 7) is 3.71. The molecule has 0 bridgehead atoms. The molecule has 0 spiro atoms. The van der Waals surface area contributed by atoms with Gasteiger partial charge < -0.3 is 84.9 Å². The molecule has 0 saturated carbocycles. The molecule has 2 heterocycles. The second-order valence-electron chi connectivity index (χ2n) is 15.9. The van der Waals surface area contributed by atoms with Crippen molar-refractivity contribution >= 4 is 59.2 Å². The molecule has 65 heavy (non-hydrogen) atoms. The van der Waals surface area contributed by atoms with Gasteiger partial charge in [-0.3, -0.25) is 44.4 Å². The Morgan fingerprint density at radius 3 is 1.94 bits per heavy atom. The zero-order valence-electron chi connectivity index (χ0n) is 36.8. The van der Waals surface area contributed by atoms with Crippen LogP contribution in [0.3, 0.4) is 0 Å². The first-order chi connectivity index (χ1) is 30.6. The number of nitrogens with one attached hydrogen (secondary N) is 11. The van der Waals surface area contributed by atoms with Crippen LogP contribution >= 0.6 is 0 Å². The first-order valence-corrected chi connectivity index (χ1v) is 21.1. The van der Waals surface area contributed by atoms with Crippen molar-refractivity contribution in [3.8, 4) is 0 Å². The summed E-state index contributed by atoms with van der Waals surface area (Å²) in [6.07, 6.45) is 2.39. The van der Waals surface area contributed by atoms with E-state index in [-0.39, 0.29) is 82.4 Å². The molecule has 0 aromatic carbocycles. The molecule has 1 fully saturated rings. The Labute approximate surface area is 375 Å². The van der Waals surface area contributed by atoms with Crippen LogP contribution in [0.15, 0.2) is 12.5 Å². The third-order valence-corrected chi connectivity index (χ3v) is 10.1. The number of aliphatic carboxylic acids is 1. The minimum absolute atomic E-state index is 0.0268. The van der Waals surface area contributed by atoms with Crippen LogP contribution in [0.2, 0.25) is 0 Å². The molecule has 2 rings (SSSR count). The molecule has 1 aromatic heterocycles. The highest BCUT2D eigenvalue weighted by Gasteiger charge is 2.40. The fourth-order valence-corrected chi connectivity index (χ4v) is 6.63. The molecule has 0 aliphatic carbocycles. The summed E-state index contributed by atoms with van der Waals surface area (Å²) in [5, 5.41) is 64.0. The van der Waals surface area contributed by atoms with Gasteiger partial charge in [-0.2, -0.15) is 0 Å². The van der Waals surface area contributed by atoms with Crippen LogP contribution in [0, 0.1) is 16.7 Å². The normalized spacial score (nSPS) is 16.6. The number of guanidine groups is 2. The number of amides is 7. The zero-order valence-corrected chi connectivity index (χ0v) is 36.8. The van der Waals surface area contributed by atoms with E-state index in [2.05, 4.69) is 52.5 Å². The molecule has 27 heteroatoms. The van der Waals surface area contributed by atoms with Crippen molar-refractivity contribution < 1.29 is 53.7 Å². The monoisotopic (exact) mass is 923 g/mol. The summed E-state index contributed by atoms with van der Waals surface area (Å²) in [5.74, 6) is -7.87. The van der Waals surface area contributed by atoms with Gasteiger partial charge in [-0.15, -0.1) is 0 Å². The zero-order chi connectivity index (χ0) is 48.8. The molecule has 27 nitrogen and oxygen atoms in total. The molecule has 364 valence electrons. The number of rotatable bonds is 28. The van der Waals surface area contributed by atoms with Crippen LogP contribution < -0.4 is 59.7 Å². The standard InChI is InChI=1S/C38H66N16O11/c1-19(2)13-24(30(58)47-16-28(57)49-25(14-21-15-44-18-48-21)32(60)51-23(36(64)65)8-5-11-46-38(42)43)52-31(59)22(7-4-10-45-37(40)41)50-33(61)27-9-6-12-54(27)35(63)26(17-55)53-34(62)29(39)20(3)56/h15,18-20,22-27,29,55-56H,4-14,16-17,39H2,1-3H3,(H,44,48)(H,47,58)(H,49,57)(H,50,61)(H,51,60)(H,52,59)(H,53,62)(H,64,65)(H4,40,41,45)(H4,42,43,46)/t20-,22+,23+,24+,25+,26+,27+,29+/m1/s1. The van der Waals surface area contributed by atoms with Crippen LogP contribution in [0.4, 0.5) is 0 Å². The molecule has 0 radical (unpaired) electrons. The number of carbonyl (C=O) groups excluding carboxylic acids is 7. The van der Waals surface area contributed by atoms with Crippen molar-refractivity contribution in [2.75, 3.05) is 32.8 Å². The van der Waals surface area contributed by atoms with Crippen LogP contribution in [-0.4, -0.2) is 171 Å². The Bertz CT molecular complexity index is 1800. The Kier molecular flexibility index (Phi) is 23.1. The van der Waals surface area contributed by atoms with Crippen LogP contribution in [-0.2, 0) is 44.8 Å². The number of nitrogens with two attached hydrogens (primary N) is 3. The average molecular weight is 923 g/mol. The Hall–Kier alpha value is -6.61. The SMILES string of the molecule is CC(C)C[C@H](NC(=O)[C@H](CCCNC(=N)N)NC(=O)[C@@H]1CCCN1C(=O)[C@H](CO)NC(=O)[C@@H](N)[C@@H](C)O)C(=O)NCC(=O)N[C@@H](Cc1c[nH]cn1)C(=O)N[C@@H](CCCNC(=N)N)C(=O)O. The smallest absolute Gasteiger partial charge is 0.326 e. The topological polar surface area (TPSA) is 451 Å². The fourth-order valence-electron chi connectivity index (χ4n) is 6.63. The number of likely N-dealkylation sites (tertiary alicyclic amines) is 1. The predicted octanol–water partition coefficient (Wildman–Crippen LogP) is -6.16. The lowest BCUT2D eigenvalue weighted by molar-refractivity contribution is -0.143. The number of aromatic amines is 1. The lowest BCUT2D eigenvalue weighted by Gasteiger charge is -2.30. The number of H-pyrrole nitrogens is 1.